The van der Waals surface area contributed by atoms with E-state index in [9.17, 15) is 10.1 Å². The van der Waals surface area contributed by atoms with Crippen LogP contribution in [0.3, 0.4) is 0 Å². The molecule has 0 spiro atoms. The Morgan fingerprint density at radius 2 is 1.80 bits per heavy atom. The molecule has 1 unspecified atom stereocenters. The van der Waals surface area contributed by atoms with Crippen molar-refractivity contribution in [2.45, 2.75) is 32.1 Å². The lowest BCUT2D eigenvalue weighted by atomic mass is 9.83. The van der Waals surface area contributed by atoms with Crippen LogP contribution in [-0.2, 0) is 10.2 Å². The Kier molecular flexibility index (Phi) is 6.86. The van der Waals surface area contributed by atoms with Crippen molar-refractivity contribution in [2.24, 2.45) is 5.73 Å². The van der Waals surface area contributed by atoms with Crippen molar-refractivity contribution in [1.82, 2.24) is 0 Å². The third kappa shape index (κ3) is 5.50. The van der Waals surface area contributed by atoms with Crippen LogP contribution in [0.1, 0.15) is 43.4 Å². The zero-order valence-electron chi connectivity index (χ0n) is 19.7. The van der Waals surface area contributed by atoms with Crippen molar-refractivity contribution in [3.05, 3.63) is 99.3 Å². The fourth-order valence-electron chi connectivity index (χ4n) is 3.88. The highest BCUT2D eigenvalue weighted by Gasteiger charge is 2.31. The molecule has 0 aromatic heterocycles. The summed E-state index contributed by atoms with van der Waals surface area (Å²) >= 11 is 3.48. The summed E-state index contributed by atoms with van der Waals surface area (Å²) in [6.45, 7) is 6.16. The molecule has 35 heavy (non-hydrogen) atoms. The predicted molar refractivity (Wildman–Crippen MR) is 136 cm³/mol. The first-order valence-corrected chi connectivity index (χ1v) is 11.9. The second-order valence-electron chi connectivity index (χ2n) is 9.22. The van der Waals surface area contributed by atoms with Gasteiger partial charge >= 0.3 is 5.97 Å². The first-order valence-electron chi connectivity index (χ1n) is 11.1. The van der Waals surface area contributed by atoms with Crippen LogP contribution in [0.2, 0.25) is 0 Å². The van der Waals surface area contributed by atoms with Crippen molar-refractivity contribution >= 4 is 21.9 Å². The smallest absolute Gasteiger partial charge is 0.349 e. The minimum absolute atomic E-state index is 0.0236. The number of halogens is 1. The molecule has 3 aromatic rings. The number of ether oxygens (including phenoxy) is 3. The first-order chi connectivity index (χ1) is 16.7. The molecule has 1 aliphatic rings. The van der Waals surface area contributed by atoms with Crippen LogP contribution in [0.25, 0.3) is 0 Å². The predicted octanol–water partition coefficient (Wildman–Crippen LogP) is 5.95. The summed E-state index contributed by atoms with van der Waals surface area (Å²) in [7, 11) is 0. The summed E-state index contributed by atoms with van der Waals surface area (Å²) in [6.07, 6.45) is 0. The highest BCUT2D eigenvalue weighted by Crippen LogP contribution is 2.43. The largest absolute Gasteiger partial charge is 0.482 e. The second-order valence-corrected chi connectivity index (χ2v) is 10.1. The second kappa shape index (κ2) is 9.85. The van der Waals surface area contributed by atoms with Crippen LogP contribution in [-0.4, -0.2) is 12.6 Å². The molecule has 0 saturated heterocycles. The Hall–Kier alpha value is -3.76. The number of hydrogen-bond donors (Lipinski definition) is 1. The number of rotatable bonds is 5. The van der Waals surface area contributed by atoms with E-state index < -0.39 is 11.9 Å². The average Bonchev–Trinajstić information content (AvgIpc) is 2.81. The van der Waals surface area contributed by atoms with E-state index in [0.29, 0.717) is 22.8 Å². The maximum Gasteiger partial charge on any atom is 0.349 e. The standard InChI is InChI=1S/C28H25BrN2O4/c1-28(2,3)18-7-9-20(10-8-18)33-16-25(32)34-21-11-12-22-24(14-21)35-27(31)23(15-30)26(22)17-5-4-6-19(29)13-17/h4-14,26H,16,31H2,1-3H3. The van der Waals surface area contributed by atoms with Gasteiger partial charge in [-0.15, -0.1) is 0 Å². The fourth-order valence-corrected chi connectivity index (χ4v) is 4.30. The molecule has 0 radical (unpaired) electrons. The number of nitriles is 1. The van der Waals surface area contributed by atoms with Gasteiger partial charge in [-0.05, 0) is 46.9 Å². The number of hydrogen-bond acceptors (Lipinski definition) is 6. The molecule has 1 aliphatic heterocycles. The molecular formula is C28H25BrN2O4. The molecule has 4 rings (SSSR count). The summed E-state index contributed by atoms with van der Waals surface area (Å²) in [5, 5.41) is 9.71. The number of carbonyl (C=O) groups is 1. The molecule has 2 N–H and O–H groups in total. The first kappa shape index (κ1) is 24.4. The maximum atomic E-state index is 12.4. The molecular weight excluding hydrogens is 508 g/mol. The summed E-state index contributed by atoms with van der Waals surface area (Å²) in [5.41, 5.74) is 9.25. The third-order valence-electron chi connectivity index (χ3n) is 5.68. The van der Waals surface area contributed by atoms with E-state index in [0.717, 1.165) is 15.6 Å². The quantitative estimate of drug-likeness (QED) is 0.322. The molecule has 6 nitrogen and oxygen atoms in total. The van der Waals surface area contributed by atoms with E-state index in [2.05, 4.69) is 42.8 Å². The molecule has 7 heteroatoms. The zero-order valence-corrected chi connectivity index (χ0v) is 21.3. The van der Waals surface area contributed by atoms with Crippen LogP contribution in [0.15, 0.2) is 82.7 Å². The minimum atomic E-state index is -0.551. The van der Waals surface area contributed by atoms with Gasteiger partial charge in [0.25, 0.3) is 0 Å². The summed E-state index contributed by atoms with van der Waals surface area (Å²) < 4.78 is 17.6. The Balaban J connectivity index is 1.48. The van der Waals surface area contributed by atoms with E-state index in [4.69, 9.17) is 19.9 Å². The summed E-state index contributed by atoms with van der Waals surface area (Å²) in [5.74, 6) is 0.381. The lowest BCUT2D eigenvalue weighted by molar-refractivity contribution is -0.136. The van der Waals surface area contributed by atoms with Crippen LogP contribution >= 0.6 is 15.9 Å². The van der Waals surface area contributed by atoms with Crippen molar-refractivity contribution in [3.8, 4) is 23.3 Å². The normalized spacial score (nSPS) is 15.0. The van der Waals surface area contributed by atoms with Crippen LogP contribution in [0, 0.1) is 11.3 Å². The van der Waals surface area contributed by atoms with E-state index in [1.807, 2.05) is 48.5 Å². The highest BCUT2D eigenvalue weighted by molar-refractivity contribution is 9.10. The van der Waals surface area contributed by atoms with E-state index in [1.54, 1.807) is 18.2 Å². The van der Waals surface area contributed by atoms with Gasteiger partial charge in [0, 0.05) is 16.1 Å². The number of benzene rings is 3. The lowest BCUT2D eigenvalue weighted by Gasteiger charge is -2.26. The minimum Gasteiger partial charge on any atom is -0.482 e. The Morgan fingerprint density at radius 1 is 1.09 bits per heavy atom. The molecule has 1 heterocycles. The molecule has 0 saturated carbocycles. The van der Waals surface area contributed by atoms with Gasteiger partial charge in [0.15, 0.2) is 6.61 Å². The Labute approximate surface area is 213 Å². The number of fused-ring (bicyclic) bond motifs is 1. The van der Waals surface area contributed by atoms with E-state index in [-0.39, 0.29) is 17.9 Å². The van der Waals surface area contributed by atoms with Crippen molar-refractivity contribution in [3.63, 3.8) is 0 Å². The number of nitrogens with two attached hydrogens (primary N) is 1. The fraction of sp³-hybridized carbons (Fsp3) is 0.214. The van der Waals surface area contributed by atoms with Crippen molar-refractivity contribution in [1.29, 1.82) is 5.26 Å². The third-order valence-corrected chi connectivity index (χ3v) is 6.17. The number of esters is 1. The van der Waals surface area contributed by atoms with Crippen molar-refractivity contribution in [2.75, 3.05) is 6.61 Å². The SMILES string of the molecule is CC(C)(C)c1ccc(OCC(=O)Oc2ccc3c(c2)OC(N)=C(C#N)C3c2cccc(Br)c2)cc1. The van der Waals surface area contributed by atoms with Gasteiger partial charge in [0.1, 0.15) is 28.9 Å². The molecule has 0 bridgehead atoms. The molecule has 0 amide bonds. The summed E-state index contributed by atoms with van der Waals surface area (Å²) in [6, 6.07) is 22.5. The number of nitrogens with zero attached hydrogens (tertiary/aromatic N) is 1. The van der Waals surface area contributed by atoms with Crippen LogP contribution in [0.4, 0.5) is 0 Å². The maximum absolute atomic E-state index is 12.4. The van der Waals surface area contributed by atoms with Gasteiger partial charge in [-0.25, -0.2) is 4.79 Å². The van der Waals surface area contributed by atoms with Gasteiger partial charge in [-0.2, -0.15) is 5.26 Å². The summed E-state index contributed by atoms with van der Waals surface area (Å²) in [4.78, 5) is 12.4. The zero-order chi connectivity index (χ0) is 25.2. The van der Waals surface area contributed by atoms with Gasteiger partial charge in [0.2, 0.25) is 5.88 Å². The van der Waals surface area contributed by atoms with Gasteiger partial charge in [-0.1, -0.05) is 67.0 Å². The topological polar surface area (TPSA) is 94.6 Å². The molecule has 0 aliphatic carbocycles. The molecule has 178 valence electrons. The number of carbonyl (C=O) groups excluding carboxylic acids is 1. The molecule has 0 fully saturated rings. The van der Waals surface area contributed by atoms with E-state index in [1.165, 1.54) is 5.56 Å². The number of allylic oxidation sites excluding steroid dienone is 1. The van der Waals surface area contributed by atoms with Gasteiger partial charge < -0.3 is 19.9 Å². The molecule has 1 atom stereocenters. The Morgan fingerprint density at radius 3 is 2.46 bits per heavy atom. The monoisotopic (exact) mass is 532 g/mol. The molecule has 3 aromatic carbocycles. The van der Waals surface area contributed by atoms with Crippen LogP contribution < -0.4 is 19.9 Å². The van der Waals surface area contributed by atoms with Gasteiger partial charge in [0.05, 0.1) is 5.92 Å². The average molecular weight is 533 g/mol. The van der Waals surface area contributed by atoms with Gasteiger partial charge in [-0.3, -0.25) is 0 Å². The van der Waals surface area contributed by atoms with Crippen LogP contribution in [0.5, 0.6) is 17.2 Å². The van der Waals surface area contributed by atoms with Crippen molar-refractivity contribution < 1.29 is 19.0 Å². The highest BCUT2D eigenvalue weighted by atomic mass is 79.9. The van der Waals surface area contributed by atoms with E-state index >= 15 is 0 Å². The Bertz CT molecular complexity index is 1330. The lowest BCUT2D eigenvalue weighted by Crippen LogP contribution is -2.21.